The lowest BCUT2D eigenvalue weighted by atomic mass is 10.0. The van der Waals surface area contributed by atoms with Crippen molar-refractivity contribution in [1.82, 2.24) is 0 Å². The number of carbonyl (C=O) groups excluding carboxylic acids is 2. The Balaban J connectivity index is 2.71. The Morgan fingerprint density at radius 2 is 1.80 bits per heavy atom. The number of anilines is 2. The Hall–Kier alpha value is -2.35. The molecule has 0 radical (unpaired) electrons. The number of benzene rings is 1. The molecule has 0 aromatic heterocycles. The molecule has 1 aromatic rings. The molecule has 0 atom stereocenters. The van der Waals surface area contributed by atoms with E-state index in [4.69, 9.17) is 5.26 Å². The fourth-order valence-corrected chi connectivity index (χ4v) is 1.86. The third-order valence-electron chi connectivity index (χ3n) is 3.01. The van der Waals surface area contributed by atoms with Gasteiger partial charge < -0.3 is 10.6 Å². The van der Waals surface area contributed by atoms with Crippen molar-refractivity contribution in [1.29, 1.82) is 5.26 Å². The van der Waals surface area contributed by atoms with Crippen LogP contribution in [0, 0.1) is 17.2 Å². The summed E-state index contributed by atoms with van der Waals surface area (Å²) in [5.41, 5.74) is 1.20. The van der Waals surface area contributed by atoms with E-state index in [1.54, 1.807) is 30.3 Å². The van der Waals surface area contributed by atoms with E-state index in [2.05, 4.69) is 10.6 Å². The molecular weight excluding hydrogens is 254 g/mol. The average molecular weight is 273 g/mol. The van der Waals surface area contributed by atoms with E-state index in [1.807, 2.05) is 13.8 Å². The molecule has 0 fully saturated rings. The molecule has 0 saturated heterocycles. The molecule has 106 valence electrons. The second-order valence-electron chi connectivity index (χ2n) is 4.47. The van der Waals surface area contributed by atoms with E-state index in [9.17, 15) is 9.59 Å². The van der Waals surface area contributed by atoms with Gasteiger partial charge in [-0.2, -0.15) is 5.26 Å². The van der Waals surface area contributed by atoms with Gasteiger partial charge in [0.2, 0.25) is 11.8 Å². The lowest BCUT2D eigenvalue weighted by molar-refractivity contribution is -0.120. The smallest absolute Gasteiger partial charge is 0.238 e. The number of nitriles is 1. The monoisotopic (exact) mass is 273 g/mol. The first-order valence-electron chi connectivity index (χ1n) is 6.68. The van der Waals surface area contributed by atoms with Gasteiger partial charge in [-0.25, -0.2) is 0 Å². The van der Waals surface area contributed by atoms with E-state index < -0.39 is 0 Å². The van der Waals surface area contributed by atoms with Gasteiger partial charge in [0.15, 0.2) is 0 Å². The van der Waals surface area contributed by atoms with Crippen molar-refractivity contribution in [2.24, 2.45) is 5.92 Å². The third kappa shape index (κ3) is 4.73. The van der Waals surface area contributed by atoms with Gasteiger partial charge in [-0.1, -0.05) is 19.9 Å². The number of nitrogens with zero attached hydrogens (tertiary/aromatic N) is 1. The fraction of sp³-hybridized carbons (Fsp3) is 0.400. The van der Waals surface area contributed by atoms with Crippen LogP contribution in [0.1, 0.15) is 33.1 Å². The molecule has 1 aromatic carbocycles. The van der Waals surface area contributed by atoms with Crippen LogP contribution >= 0.6 is 0 Å². The molecule has 0 aliphatic carbocycles. The molecule has 0 bridgehead atoms. The van der Waals surface area contributed by atoms with Gasteiger partial charge in [0.1, 0.15) is 6.42 Å². The normalized spacial score (nSPS) is 9.90. The first-order valence-corrected chi connectivity index (χ1v) is 6.68. The summed E-state index contributed by atoms with van der Waals surface area (Å²) >= 11 is 0. The van der Waals surface area contributed by atoms with Crippen LogP contribution in [-0.4, -0.2) is 11.8 Å². The highest BCUT2D eigenvalue weighted by Crippen LogP contribution is 2.17. The van der Waals surface area contributed by atoms with Crippen molar-refractivity contribution in [2.45, 2.75) is 33.1 Å². The lowest BCUT2D eigenvalue weighted by Crippen LogP contribution is -2.21. The molecule has 20 heavy (non-hydrogen) atoms. The maximum atomic E-state index is 12.0. The molecule has 0 heterocycles. The molecule has 5 nitrogen and oxygen atoms in total. The van der Waals surface area contributed by atoms with Gasteiger partial charge in [0, 0.05) is 17.3 Å². The first kappa shape index (κ1) is 15.7. The van der Waals surface area contributed by atoms with E-state index in [0.717, 1.165) is 12.8 Å². The van der Waals surface area contributed by atoms with Crippen molar-refractivity contribution >= 4 is 23.2 Å². The molecule has 1 rings (SSSR count). The summed E-state index contributed by atoms with van der Waals surface area (Å²) in [5.74, 6) is -0.390. The predicted octanol–water partition coefficient (Wildman–Crippen LogP) is 2.91. The Bertz CT molecular complexity index is 516. The van der Waals surface area contributed by atoms with Crippen molar-refractivity contribution in [3.8, 4) is 6.07 Å². The molecule has 0 aliphatic rings. The summed E-state index contributed by atoms with van der Waals surface area (Å²) in [7, 11) is 0. The van der Waals surface area contributed by atoms with Crippen LogP contribution in [0.4, 0.5) is 11.4 Å². The highest BCUT2D eigenvalue weighted by atomic mass is 16.2. The molecule has 0 unspecified atom stereocenters. The predicted molar refractivity (Wildman–Crippen MR) is 78.0 cm³/mol. The van der Waals surface area contributed by atoms with E-state index in [-0.39, 0.29) is 24.2 Å². The number of hydrogen-bond donors (Lipinski definition) is 2. The summed E-state index contributed by atoms with van der Waals surface area (Å²) in [6.07, 6.45) is 1.40. The molecule has 0 spiro atoms. The van der Waals surface area contributed by atoms with Crippen LogP contribution in [0.25, 0.3) is 0 Å². The van der Waals surface area contributed by atoms with Crippen molar-refractivity contribution in [3.63, 3.8) is 0 Å². The molecule has 0 saturated carbocycles. The molecule has 2 amide bonds. The van der Waals surface area contributed by atoms with Crippen LogP contribution in [0.3, 0.4) is 0 Å². The Morgan fingerprint density at radius 3 is 2.35 bits per heavy atom. The number of nitrogens with one attached hydrogen (secondary N) is 2. The van der Waals surface area contributed by atoms with Gasteiger partial charge in [0.25, 0.3) is 0 Å². The Morgan fingerprint density at radius 1 is 1.20 bits per heavy atom. The minimum absolute atomic E-state index is 0.00756. The number of rotatable bonds is 6. The highest BCUT2D eigenvalue weighted by Gasteiger charge is 2.14. The van der Waals surface area contributed by atoms with Gasteiger partial charge in [-0.15, -0.1) is 0 Å². The maximum absolute atomic E-state index is 12.0. The molecule has 0 aliphatic heterocycles. The molecule has 5 heteroatoms. The maximum Gasteiger partial charge on any atom is 0.238 e. The van der Waals surface area contributed by atoms with E-state index in [1.165, 1.54) is 0 Å². The van der Waals surface area contributed by atoms with Crippen molar-refractivity contribution in [2.75, 3.05) is 10.6 Å². The van der Waals surface area contributed by atoms with Crippen LogP contribution in [0.2, 0.25) is 0 Å². The minimum Gasteiger partial charge on any atom is -0.326 e. The van der Waals surface area contributed by atoms with Crippen molar-refractivity contribution in [3.05, 3.63) is 24.3 Å². The second-order valence-corrected chi connectivity index (χ2v) is 4.47. The van der Waals surface area contributed by atoms with Gasteiger partial charge in [-0.05, 0) is 31.0 Å². The summed E-state index contributed by atoms with van der Waals surface area (Å²) < 4.78 is 0. The van der Waals surface area contributed by atoms with Crippen LogP contribution in [-0.2, 0) is 9.59 Å². The minimum atomic E-state index is -0.365. The van der Waals surface area contributed by atoms with Crippen LogP contribution in [0.15, 0.2) is 24.3 Å². The van der Waals surface area contributed by atoms with Gasteiger partial charge >= 0.3 is 0 Å². The third-order valence-corrected chi connectivity index (χ3v) is 3.01. The Kier molecular flexibility index (Phi) is 6.24. The topological polar surface area (TPSA) is 82.0 Å². The zero-order chi connectivity index (χ0) is 15.0. The second kappa shape index (κ2) is 7.95. The SMILES string of the molecule is CCC(CC)C(=O)Nc1cccc(NC(=O)CC#N)c1. The van der Waals surface area contributed by atoms with Gasteiger partial charge in [-0.3, -0.25) is 9.59 Å². The van der Waals surface area contributed by atoms with Crippen LogP contribution < -0.4 is 10.6 Å². The fourth-order valence-electron chi connectivity index (χ4n) is 1.86. The molecular formula is C15H19N3O2. The largest absolute Gasteiger partial charge is 0.326 e. The highest BCUT2D eigenvalue weighted by molar-refractivity contribution is 5.95. The van der Waals surface area contributed by atoms with Crippen LogP contribution in [0.5, 0.6) is 0 Å². The quantitative estimate of drug-likeness (QED) is 0.836. The van der Waals surface area contributed by atoms with E-state index >= 15 is 0 Å². The Labute approximate surface area is 119 Å². The average Bonchev–Trinajstić information content (AvgIpc) is 2.40. The summed E-state index contributed by atoms with van der Waals surface area (Å²) in [6, 6.07) is 8.67. The zero-order valence-electron chi connectivity index (χ0n) is 11.8. The first-order chi connectivity index (χ1) is 9.60. The molecule has 2 N–H and O–H groups in total. The van der Waals surface area contributed by atoms with E-state index in [0.29, 0.717) is 11.4 Å². The van der Waals surface area contributed by atoms with Gasteiger partial charge in [0.05, 0.1) is 6.07 Å². The summed E-state index contributed by atoms with van der Waals surface area (Å²) in [5, 5.41) is 13.9. The standard InChI is InChI=1S/C15H19N3O2/c1-3-11(4-2)15(20)18-13-7-5-6-12(10-13)17-14(19)8-9-16/h5-7,10-11H,3-4,8H2,1-2H3,(H,17,19)(H,18,20). The summed E-state index contributed by atoms with van der Waals surface area (Å²) in [6.45, 7) is 3.96. The number of amides is 2. The number of carbonyl (C=O) groups is 2. The van der Waals surface area contributed by atoms with Crippen molar-refractivity contribution < 1.29 is 9.59 Å². The summed E-state index contributed by atoms with van der Waals surface area (Å²) in [4.78, 5) is 23.3. The lowest BCUT2D eigenvalue weighted by Gasteiger charge is -2.13. The number of hydrogen-bond acceptors (Lipinski definition) is 3. The zero-order valence-corrected chi connectivity index (χ0v) is 11.8.